The molecule has 1 heterocycles. The number of guanidine groups is 1. The molecule has 0 radical (unpaired) electrons. The number of rotatable bonds is 6. The lowest BCUT2D eigenvalue weighted by atomic mass is 10.1. The van der Waals surface area contributed by atoms with Gasteiger partial charge in [-0.1, -0.05) is 6.07 Å². The number of anilines is 1. The number of ether oxygens (including phenoxy) is 1. The zero-order valence-electron chi connectivity index (χ0n) is 16.2. The van der Waals surface area contributed by atoms with Gasteiger partial charge in [-0.2, -0.15) is 11.8 Å². The fourth-order valence-corrected chi connectivity index (χ4v) is 4.75. The minimum atomic E-state index is 0.565. The Hall–Kier alpha value is -1.56. The number of aliphatic imine (C=N–C) groups is 1. The first-order chi connectivity index (χ1) is 12.7. The molecule has 144 valence electrons. The van der Waals surface area contributed by atoms with Crippen LogP contribution in [-0.2, 0) is 0 Å². The largest absolute Gasteiger partial charge is 0.497 e. The van der Waals surface area contributed by atoms with E-state index in [2.05, 4.69) is 45.0 Å². The van der Waals surface area contributed by atoms with E-state index in [0.29, 0.717) is 12.0 Å². The Morgan fingerprint density at radius 1 is 1.35 bits per heavy atom. The third-order valence-electron chi connectivity index (χ3n) is 5.54. The number of thioether (sulfide) groups is 1. The van der Waals surface area contributed by atoms with Gasteiger partial charge in [0.05, 0.1) is 7.11 Å². The lowest BCUT2D eigenvalue weighted by Crippen LogP contribution is -2.44. The third kappa shape index (κ3) is 5.00. The summed E-state index contributed by atoms with van der Waals surface area (Å²) in [5.74, 6) is 2.52. The minimum absolute atomic E-state index is 0.565. The van der Waals surface area contributed by atoms with E-state index in [1.54, 1.807) is 7.11 Å². The van der Waals surface area contributed by atoms with Crippen molar-refractivity contribution in [1.82, 2.24) is 10.6 Å². The Kier molecular flexibility index (Phi) is 6.94. The minimum Gasteiger partial charge on any atom is -0.497 e. The van der Waals surface area contributed by atoms with Crippen LogP contribution in [0.4, 0.5) is 5.69 Å². The highest BCUT2D eigenvalue weighted by Crippen LogP contribution is 2.28. The van der Waals surface area contributed by atoms with Crippen LogP contribution in [0.15, 0.2) is 29.3 Å². The first-order valence-electron chi connectivity index (χ1n) is 9.60. The highest BCUT2D eigenvalue weighted by atomic mass is 32.2. The van der Waals surface area contributed by atoms with Crippen LogP contribution in [0.25, 0.3) is 0 Å². The first kappa shape index (κ1) is 19.2. The number of nitrogens with zero attached hydrogens (tertiary/aromatic N) is 2. The summed E-state index contributed by atoms with van der Waals surface area (Å²) in [6.07, 6.45) is 7.23. The van der Waals surface area contributed by atoms with Crippen LogP contribution in [0.2, 0.25) is 0 Å². The molecule has 0 amide bonds. The van der Waals surface area contributed by atoms with Gasteiger partial charge in [-0.05, 0) is 50.0 Å². The standard InChI is InChI=1S/C20H32N4OS/c1-21-20(23-16-7-8-19(11-16)26-3)22-13-15-9-10-24(14-15)17-5-4-6-18(12-17)25-2/h4-6,12,15-16,19H,7-11,13-14H2,1-3H3,(H2,21,22,23). The molecule has 2 N–H and O–H groups in total. The average Bonchev–Trinajstić information content (AvgIpc) is 3.34. The second kappa shape index (κ2) is 9.40. The van der Waals surface area contributed by atoms with Gasteiger partial charge in [0.25, 0.3) is 0 Å². The molecule has 1 saturated heterocycles. The molecule has 1 aromatic rings. The van der Waals surface area contributed by atoms with Crippen molar-refractivity contribution < 1.29 is 4.74 Å². The van der Waals surface area contributed by atoms with Gasteiger partial charge in [0.15, 0.2) is 5.96 Å². The van der Waals surface area contributed by atoms with Crippen LogP contribution in [0.5, 0.6) is 5.75 Å². The van der Waals surface area contributed by atoms with Gasteiger partial charge in [-0.3, -0.25) is 4.99 Å². The van der Waals surface area contributed by atoms with Crippen molar-refractivity contribution in [3.63, 3.8) is 0 Å². The van der Waals surface area contributed by atoms with Gasteiger partial charge in [0.2, 0.25) is 0 Å². The molecular formula is C20H32N4OS. The number of nitrogens with one attached hydrogen (secondary N) is 2. The van der Waals surface area contributed by atoms with Crippen LogP contribution in [0, 0.1) is 5.92 Å². The molecule has 1 saturated carbocycles. The van der Waals surface area contributed by atoms with Crippen LogP contribution >= 0.6 is 11.8 Å². The summed E-state index contributed by atoms with van der Waals surface area (Å²) < 4.78 is 5.35. The summed E-state index contributed by atoms with van der Waals surface area (Å²) in [7, 11) is 3.59. The fourth-order valence-electron chi connectivity index (χ4n) is 3.96. The molecule has 2 fully saturated rings. The van der Waals surface area contributed by atoms with E-state index in [9.17, 15) is 0 Å². The summed E-state index contributed by atoms with van der Waals surface area (Å²) in [6.45, 7) is 3.15. The topological polar surface area (TPSA) is 48.9 Å². The Morgan fingerprint density at radius 2 is 2.23 bits per heavy atom. The SMILES string of the molecule is CN=C(NCC1CCN(c2cccc(OC)c2)C1)NC1CCC(SC)C1. The average molecular weight is 377 g/mol. The van der Waals surface area contributed by atoms with E-state index >= 15 is 0 Å². The maximum absolute atomic E-state index is 5.35. The zero-order valence-corrected chi connectivity index (χ0v) is 17.0. The second-order valence-electron chi connectivity index (χ2n) is 7.27. The smallest absolute Gasteiger partial charge is 0.191 e. The highest BCUT2D eigenvalue weighted by molar-refractivity contribution is 7.99. The molecule has 3 rings (SSSR count). The molecule has 0 spiro atoms. The van der Waals surface area contributed by atoms with Crippen molar-refractivity contribution in [2.75, 3.05) is 44.9 Å². The Morgan fingerprint density at radius 3 is 2.96 bits per heavy atom. The van der Waals surface area contributed by atoms with Crippen LogP contribution < -0.4 is 20.3 Å². The molecule has 0 bridgehead atoms. The van der Waals surface area contributed by atoms with Crippen LogP contribution in [0.1, 0.15) is 25.7 Å². The van der Waals surface area contributed by atoms with Crippen molar-refractivity contribution in [3.8, 4) is 5.75 Å². The van der Waals surface area contributed by atoms with Gasteiger partial charge in [0, 0.05) is 49.7 Å². The molecule has 5 nitrogen and oxygen atoms in total. The Labute approximate surface area is 162 Å². The van der Waals surface area contributed by atoms with E-state index in [1.807, 2.05) is 24.9 Å². The summed E-state index contributed by atoms with van der Waals surface area (Å²) in [4.78, 5) is 6.87. The quantitative estimate of drug-likeness (QED) is 0.590. The third-order valence-corrected chi connectivity index (χ3v) is 6.64. The van der Waals surface area contributed by atoms with Gasteiger partial charge in [0.1, 0.15) is 5.75 Å². The van der Waals surface area contributed by atoms with Gasteiger partial charge < -0.3 is 20.3 Å². The van der Waals surface area contributed by atoms with E-state index < -0.39 is 0 Å². The monoisotopic (exact) mass is 376 g/mol. The van der Waals surface area contributed by atoms with Gasteiger partial charge >= 0.3 is 0 Å². The molecule has 3 atom stereocenters. The fraction of sp³-hybridized carbons (Fsp3) is 0.650. The summed E-state index contributed by atoms with van der Waals surface area (Å²) in [5.41, 5.74) is 1.25. The van der Waals surface area contributed by atoms with E-state index in [4.69, 9.17) is 4.74 Å². The zero-order chi connectivity index (χ0) is 18.4. The van der Waals surface area contributed by atoms with Crippen molar-refractivity contribution in [3.05, 3.63) is 24.3 Å². The molecule has 26 heavy (non-hydrogen) atoms. The lowest BCUT2D eigenvalue weighted by Gasteiger charge is -2.21. The second-order valence-corrected chi connectivity index (χ2v) is 8.41. The van der Waals surface area contributed by atoms with Crippen molar-refractivity contribution in [1.29, 1.82) is 0 Å². The van der Waals surface area contributed by atoms with Gasteiger partial charge in [-0.15, -0.1) is 0 Å². The number of methoxy groups -OCH3 is 1. The molecule has 6 heteroatoms. The number of hydrogen-bond donors (Lipinski definition) is 2. The molecule has 0 aromatic heterocycles. The van der Waals surface area contributed by atoms with Crippen LogP contribution in [0.3, 0.4) is 0 Å². The maximum atomic E-state index is 5.35. The van der Waals surface area contributed by atoms with Crippen LogP contribution in [-0.4, -0.2) is 57.3 Å². The lowest BCUT2D eigenvalue weighted by molar-refractivity contribution is 0.415. The normalized spacial score (nSPS) is 26.2. The molecule has 1 aromatic carbocycles. The van der Waals surface area contributed by atoms with Crippen molar-refractivity contribution in [2.45, 2.75) is 37.0 Å². The molecule has 1 aliphatic carbocycles. The molecule has 2 aliphatic rings. The predicted octanol–water partition coefficient (Wildman–Crippen LogP) is 2.97. The van der Waals surface area contributed by atoms with E-state index in [-0.39, 0.29) is 0 Å². The summed E-state index contributed by atoms with van der Waals surface area (Å²) in [5, 5.41) is 7.96. The molecular weight excluding hydrogens is 344 g/mol. The summed E-state index contributed by atoms with van der Waals surface area (Å²) >= 11 is 1.99. The van der Waals surface area contributed by atoms with Gasteiger partial charge in [-0.25, -0.2) is 0 Å². The van der Waals surface area contributed by atoms with E-state index in [1.165, 1.54) is 31.4 Å². The van der Waals surface area contributed by atoms with Crippen molar-refractivity contribution in [2.24, 2.45) is 10.9 Å². The predicted molar refractivity (Wildman–Crippen MR) is 113 cm³/mol. The molecule has 3 unspecified atom stereocenters. The maximum Gasteiger partial charge on any atom is 0.191 e. The Bertz CT molecular complexity index is 609. The molecule has 1 aliphatic heterocycles. The number of hydrogen-bond acceptors (Lipinski definition) is 4. The highest BCUT2D eigenvalue weighted by Gasteiger charge is 2.26. The summed E-state index contributed by atoms with van der Waals surface area (Å²) in [6, 6.07) is 8.92. The Balaban J connectivity index is 1.44. The van der Waals surface area contributed by atoms with Crippen molar-refractivity contribution >= 4 is 23.4 Å². The first-order valence-corrected chi connectivity index (χ1v) is 10.9. The number of benzene rings is 1. The van der Waals surface area contributed by atoms with E-state index in [0.717, 1.165) is 36.6 Å².